The highest BCUT2D eigenvalue weighted by molar-refractivity contribution is 7.89. The van der Waals surface area contributed by atoms with Crippen molar-refractivity contribution >= 4 is 39.2 Å². The monoisotopic (exact) mass is 463 g/mol. The maximum Gasteiger partial charge on any atom is 0.335 e. The molecule has 30 heavy (non-hydrogen) atoms. The molecule has 1 N–H and O–H groups in total. The Morgan fingerprint density at radius 2 is 1.30 bits per heavy atom. The van der Waals surface area contributed by atoms with Gasteiger partial charge in [0.05, 0.1) is 10.5 Å². The second-order valence-electron chi connectivity index (χ2n) is 6.67. The summed E-state index contributed by atoms with van der Waals surface area (Å²) in [6, 6.07) is 19.4. The van der Waals surface area contributed by atoms with E-state index in [9.17, 15) is 13.2 Å². The molecule has 3 aromatic carbocycles. The second-order valence-corrected chi connectivity index (χ2v) is 9.48. The SMILES string of the molecule is O=C(O)c1ccc(CN(CCc2ccc(Cl)cc2)S(=O)(=O)c2ccc(Cl)cc2)cc1. The molecular weight excluding hydrogens is 445 g/mol. The molecule has 156 valence electrons. The van der Waals surface area contributed by atoms with Crippen molar-refractivity contribution in [2.75, 3.05) is 6.54 Å². The number of hydrogen-bond donors (Lipinski definition) is 1. The van der Waals surface area contributed by atoms with Crippen LogP contribution in [0.25, 0.3) is 0 Å². The molecule has 0 aromatic heterocycles. The quantitative estimate of drug-likeness (QED) is 0.502. The van der Waals surface area contributed by atoms with E-state index in [1.807, 2.05) is 12.1 Å². The van der Waals surface area contributed by atoms with E-state index in [0.717, 1.165) is 5.56 Å². The largest absolute Gasteiger partial charge is 0.478 e. The average molecular weight is 464 g/mol. The summed E-state index contributed by atoms with van der Waals surface area (Å²) >= 11 is 11.8. The minimum Gasteiger partial charge on any atom is -0.478 e. The lowest BCUT2D eigenvalue weighted by Gasteiger charge is -2.23. The van der Waals surface area contributed by atoms with Gasteiger partial charge in [0, 0.05) is 23.1 Å². The summed E-state index contributed by atoms with van der Waals surface area (Å²) in [4.78, 5) is 11.2. The Morgan fingerprint density at radius 3 is 1.83 bits per heavy atom. The van der Waals surface area contributed by atoms with Gasteiger partial charge in [-0.2, -0.15) is 4.31 Å². The van der Waals surface area contributed by atoms with Gasteiger partial charge in [-0.1, -0.05) is 47.5 Å². The first-order chi connectivity index (χ1) is 14.3. The Morgan fingerprint density at radius 1 is 0.800 bits per heavy atom. The second kappa shape index (κ2) is 9.62. The first kappa shape index (κ1) is 22.3. The Kier molecular flexibility index (Phi) is 7.15. The third kappa shape index (κ3) is 5.61. The average Bonchev–Trinajstić information content (AvgIpc) is 2.73. The van der Waals surface area contributed by atoms with E-state index in [4.69, 9.17) is 28.3 Å². The van der Waals surface area contributed by atoms with Gasteiger partial charge in [-0.25, -0.2) is 13.2 Å². The molecule has 0 radical (unpaired) electrons. The lowest BCUT2D eigenvalue weighted by atomic mass is 10.1. The lowest BCUT2D eigenvalue weighted by Crippen LogP contribution is -2.32. The number of halogens is 2. The maximum absolute atomic E-state index is 13.3. The molecule has 0 aliphatic heterocycles. The summed E-state index contributed by atoms with van der Waals surface area (Å²) in [5.74, 6) is -1.03. The summed E-state index contributed by atoms with van der Waals surface area (Å²) in [5.41, 5.74) is 1.79. The van der Waals surface area contributed by atoms with E-state index in [1.165, 1.54) is 40.7 Å². The first-order valence-electron chi connectivity index (χ1n) is 9.08. The summed E-state index contributed by atoms with van der Waals surface area (Å²) < 4.78 is 27.9. The van der Waals surface area contributed by atoms with E-state index in [-0.39, 0.29) is 23.5 Å². The van der Waals surface area contributed by atoms with Gasteiger partial charge >= 0.3 is 5.97 Å². The number of nitrogens with zero attached hydrogens (tertiary/aromatic N) is 1. The van der Waals surface area contributed by atoms with Gasteiger partial charge in [0.15, 0.2) is 0 Å². The van der Waals surface area contributed by atoms with Crippen LogP contribution in [0.2, 0.25) is 10.0 Å². The molecule has 0 fully saturated rings. The molecule has 0 aliphatic rings. The molecule has 5 nitrogen and oxygen atoms in total. The van der Waals surface area contributed by atoms with Crippen LogP contribution in [0.3, 0.4) is 0 Å². The highest BCUT2D eigenvalue weighted by Crippen LogP contribution is 2.22. The number of carbonyl (C=O) groups is 1. The van der Waals surface area contributed by atoms with Crippen LogP contribution >= 0.6 is 23.2 Å². The molecule has 0 amide bonds. The van der Waals surface area contributed by atoms with Crippen LogP contribution in [0.1, 0.15) is 21.5 Å². The van der Waals surface area contributed by atoms with Crippen LogP contribution in [0, 0.1) is 0 Å². The Labute approximate surface area is 185 Å². The molecule has 0 saturated carbocycles. The lowest BCUT2D eigenvalue weighted by molar-refractivity contribution is 0.0697. The molecular formula is C22H19Cl2NO4S. The van der Waals surface area contributed by atoms with Gasteiger partial charge in [0.2, 0.25) is 10.0 Å². The smallest absolute Gasteiger partial charge is 0.335 e. The summed E-state index contributed by atoms with van der Waals surface area (Å²) in [6.07, 6.45) is 0.497. The van der Waals surface area contributed by atoms with Crippen molar-refractivity contribution in [3.63, 3.8) is 0 Å². The Bertz CT molecular complexity index is 1110. The van der Waals surface area contributed by atoms with Gasteiger partial charge in [-0.15, -0.1) is 0 Å². The number of aromatic carboxylic acids is 1. The van der Waals surface area contributed by atoms with Crippen molar-refractivity contribution in [1.82, 2.24) is 4.31 Å². The summed E-state index contributed by atoms with van der Waals surface area (Å²) in [5, 5.41) is 10.1. The molecule has 8 heteroatoms. The number of sulfonamides is 1. The van der Waals surface area contributed by atoms with Crippen molar-refractivity contribution in [2.45, 2.75) is 17.9 Å². The zero-order valence-corrected chi connectivity index (χ0v) is 18.2. The number of benzene rings is 3. The summed E-state index contributed by atoms with van der Waals surface area (Å²) in [6.45, 7) is 0.353. The Balaban J connectivity index is 1.87. The zero-order chi connectivity index (χ0) is 21.7. The fourth-order valence-electron chi connectivity index (χ4n) is 2.90. The number of carboxylic acids is 1. The highest BCUT2D eigenvalue weighted by Gasteiger charge is 2.24. The van der Waals surface area contributed by atoms with Crippen LogP contribution in [0.4, 0.5) is 0 Å². The molecule has 0 bridgehead atoms. The topological polar surface area (TPSA) is 74.7 Å². The molecule has 3 aromatic rings. The third-order valence-electron chi connectivity index (χ3n) is 4.57. The summed E-state index contributed by atoms with van der Waals surface area (Å²) in [7, 11) is -3.79. The highest BCUT2D eigenvalue weighted by atomic mass is 35.5. The van der Waals surface area contributed by atoms with Crippen molar-refractivity contribution in [2.24, 2.45) is 0 Å². The standard InChI is InChI=1S/C22H19Cl2NO4S/c23-19-7-3-16(4-8-19)13-14-25(15-17-1-5-18(6-2-17)22(26)27)30(28,29)21-11-9-20(24)10-12-21/h1-12H,13-15H2,(H,26,27). The molecule has 0 unspecified atom stereocenters. The molecule has 0 heterocycles. The first-order valence-corrected chi connectivity index (χ1v) is 11.3. The van der Waals surface area contributed by atoms with Crippen LogP contribution in [-0.4, -0.2) is 30.3 Å². The van der Waals surface area contributed by atoms with Gasteiger partial charge in [0.1, 0.15) is 0 Å². The fourth-order valence-corrected chi connectivity index (χ4v) is 4.58. The van der Waals surface area contributed by atoms with E-state index in [0.29, 0.717) is 22.0 Å². The van der Waals surface area contributed by atoms with Crippen molar-refractivity contribution in [3.05, 3.63) is 99.5 Å². The molecule has 0 spiro atoms. The predicted octanol–water partition coefficient (Wildman–Crippen LogP) is 5.13. The van der Waals surface area contributed by atoms with E-state index >= 15 is 0 Å². The van der Waals surface area contributed by atoms with E-state index < -0.39 is 16.0 Å². The minimum absolute atomic E-state index is 0.110. The third-order valence-corrected chi connectivity index (χ3v) is 6.94. The molecule has 0 saturated heterocycles. The zero-order valence-electron chi connectivity index (χ0n) is 15.8. The van der Waals surface area contributed by atoms with Crippen molar-refractivity contribution in [3.8, 4) is 0 Å². The Hall–Kier alpha value is -2.38. The number of hydrogen-bond acceptors (Lipinski definition) is 3. The number of rotatable bonds is 8. The van der Waals surface area contributed by atoms with Gasteiger partial charge in [0.25, 0.3) is 0 Å². The molecule has 3 rings (SSSR count). The van der Waals surface area contributed by atoms with Gasteiger partial charge in [-0.05, 0) is 66.1 Å². The van der Waals surface area contributed by atoms with Crippen molar-refractivity contribution < 1.29 is 18.3 Å². The normalized spacial score (nSPS) is 11.6. The van der Waals surface area contributed by atoms with Crippen LogP contribution in [-0.2, 0) is 23.0 Å². The van der Waals surface area contributed by atoms with Crippen LogP contribution < -0.4 is 0 Å². The maximum atomic E-state index is 13.3. The fraction of sp³-hybridized carbons (Fsp3) is 0.136. The van der Waals surface area contributed by atoms with Crippen LogP contribution in [0.5, 0.6) is 0 Å². The number of carboxylic acid groups (broad SMARTS) is 1. The minimum atomic E-state index is -3.79. The van der Waals surface area contributed by atoms with E-state index in [2.05, 4.69) is 0 Å². The van der Waals surface area contributed by atoms with Crippen LogP contribution in [0.15, 0.2) is 77.7 Å². The predicted molar refractivity (Wildman–Crippen MR) is 118 cm³/mol. The van der Waals surface area contributed by atoms with Gasteiger partial charge < -0.3 is 5.11 Å². The molecule has 0 atom stereocenters. The van der Waals surface area contributed by atoms with E-state index in [1.54, 1.807) is 24.3 Å². The molecule has 0 aliphatic carbocycles. The van der Waals surface area contributed by atoms with Gasteiger partial charge in [-0.3, -0.25) is 0 Å². The van der Waals surface area contributed by atoms with Crippen molar-refractivity contribution in [1.29, 1.82) is 0 Å².